The van der Waals surface area contributed by atoms with Crippen molar-refractivity contribution in [1.29, 1.82) is 0 Å². The van der Waals surface area contributed by atoms with E-state index >= 15 is 0 Å². The second kappa shape index (κ2) is 5.69. The molecule has 0 N–H and O–H groups in total. The Balaban J connectivity index is 1.94. The number of benzene rings is 2. The van der Waals surface area contributed by atoms with E-state index in [9.17, 15) is 19.7 Å². The number of fused-ring (bicyclic) bond motifs is 2. The van der Waals surface area contributed by atoms with Crippen molar-refractivity contribution >= 4 is 23.0 Å². The molecule has 0 amide bonds. The summed E-state index contributed by atoms with van der Waals surface area (Å²) in [7, 11) is 1.17. The Bertz CT molecular complexity index is 1020. The number of rotatable bonds is 3. The van der Waals surface area contributed by atoms with Gasteiger partial charge in [0.15, 0.2) is 11.5 Å². The molecule has 0 atom stereocenters. The Labute approximate surface area is 146 Å². The number of methoxy groups -OCH3 is 1. The van der Waals surface area contributed by atoms with Gasteiger partial charge in [-0.3, -0.25) is 14.9 Å². The van der Waals surface area contributed by atoms with Crippen LogP contribution in [0.2, 0.25) is 0 Å². The number of carbonyl (C=O) groups excluding carboxylic acids is 2. The molecule has 1 aliphatic carbocycles. The first-order valence-electron chi connectivity index (χ1n) is 7.57. The number of hydrogen-bond donors (Lipinski definition) is 0. The second-order valence-electron chi connectivity index (χ2n) is 5.63. The van der Waals surface area contributed by atoms with Crippen molar-refractivity contribution in [2.45, 2.75) is 0 Å². The molecular formula is C18H11NO7. The fraction of sp³-hybridized carbons (Fsp3) is 0.111. The molecule has 0 saturated heterocycles. The summed E-state index contributed by atoms with van der Waals surface area (Å²) in [4.78, 5) is 35.4. The van der Waals surface area contributed by atoms with Gasteiger partial charge in [-0.2, -0.15) is 0 Å². The zero-order valence-electron chi connectivity index (χ0n) is 13.5. The number of esters is 1. The minimum atomic E-state index is -0.804. The van der Waals surface area contributed by atoms with Crippen molar-refractivity contribution in [1.82, 2.24) is 0 Å². The molecule has 26 heavy (non-hydrogen) atoms. The first-order chi connectivity index (χ1) is 12.5. The number of nitrogens with zero attached hydrogens (tertiary/aromatic N) is 1. The molecule has 4 rings (SSSR count). The van der Waals surface area contributed by atoms with Crippen LogP contribution in [-0.4, -0.2) is 30.6 Å². The van der Waals surface area contributed by atoms with E-state index in [2.05, 4.69) is 0 Å². The average Bonchev–Trinajstić information content (AvgIpc) is 3.22. The van der Waals surface area contributed by atoms with E-state index < -0.39 is 16.7 Å². The van der Waals surface area contributed by atoms with Crippen molar-refractivity contribution in [3.05, 3.63) is 68.8 Å². The van der Waals surface area contributed by atoms with E-state index in [1.54, 1.807) is 18.2 Å². The number of non-ortho nitro benzene ring substituents is 1. The highest BCUT2D eigenvalue weighted by molar-refractivity contribution is 6.35. The van der Waals surface area contributed by atoms with Crippen LogP contribution >= 0.6 is 0 Å². The van der Waals surface area contributed by atoms with Crippen molar-refractivity contribution in [3.63, 3.8) is 0 Å². The third kappa shape index (κ3) is 2.23. The van der Waals surface area contributed by atoms with Gasteiger partial charge in [-0.15, -0.1) is 0 Å². The largest absolute Gasteiger partial charge is 0.465 e. The second-order valence-corrected chi connectivity index (χ2v) is 5.63. The fourth-order valence-corrected chi connectivity index (χ4v) is 3.08. The summed E-state index contributed by atoms with van der Waals surface area (Å²) in [6.45, 7) is 0.0867. The standard InChI is InChI=1S/C18H11NO7/c1-24-18(21)16-15(9-2-5-13-14(6-9)26-8-25-13)11-4-3-10(19(22)23)7-12(11)17(16)20/h2-7H,8H2,1H3. The Morgan fingerprint density at radius 2 is 1.88 bits per heavy atom. The van der Waals surface area contributed by atoms with Gasteiger partial charge in [0.25, 0.3) is 5.69 Å². The molecule has 2 aromatic carbocycles. The van der Waals surface area contributed by atoms with Gasteiger partial charge in [-0.25, -0.2) is 4.79 Å². The maximum atomic E-state index is 12.8. The van der Waals surface area contributed by atoms with Gasteiger partial charge >= 0.3 is 5.97 Å². The smallest absolute Gasteiger partial charge is 0.342 e. The number of nitro groups is 1. The van der Waals surface area contributed by atoms with E-state index in [4.69, 9.17) is 14.2 Å². The lowest BCUT2D eigenvalue weighted by atomic mass is 9.97. The minimum Gasteiger partial charge on any atom is -0.465 e. The van der Waals surface area contributed by atoms with Crippen LogP contribution in [0.1, 0.15) is 21.5 Å². The lowest BCUT2D eigenvalue weighted by Gasteiger charge is -2.08. The van der Waals surface area contributed by atoms with Crippen LogP contribution in [0.3, 0.4) is 0 Å². The highest BCUT2D eigenvalue weighted by atomic mass is 16.7. The Hall–Kier alpha value is -3.68. The third-order valence-electron chi connectivity index (χ3n) is 4.26. The van der Waals surface area contributed by atoms with E-state index in [1.165, 1.54) is 25.3 Å². The maximum Gasteiger partial charge on any atom is 0.342 e. The van der Waals surface area contributed by atoms with Gasteiger partial charge in [0.05, 0.1) is 12.0 Å². The molecule has 8 nitrogen and oxygen atoms in total. The van der Waals surface area contributed by atoms with E-state index in [-0.39, 0.29) is 23.6 Å². The average molecular weight is 353 g/mol. The van der Waals surface area contributed by atoms with Crippen LogP contribution in [-0.2, 0) is 9.53 Å². The lowest BCUT2D eigenvalue weighted by molar-refractivity contribution is -0.384. The fourth-order valence-electron chi connectivity index (χ4n) is 3.08. The number of Topliss-reactive ketones (excluding diaryl/α,β-unsaturated/α-hetero) is 1. The predicted molar refractivity (Wildman–Crippen MR) is 88.0 cm³/mol. The molecule has 2 aromatic rings. The molecule has 1 heterocycles. The third-order valence-corrected chi connectivity index (χ3v) is 4.26. The van der Waals surface area contributed by atoms with Crippen LogP contribution in [0.5, 0.6) is 11.5 Å². The molecule has 1 aliphatic heterocycles. The first-order valence-corrected chi connectivity index (χ1v) is 7.57. The molecular weight excluding hydrogens is 342 g/mol. The van der Waals surface area contributed by atoms with Gasteiger partial charge in [0.1, 0.15) is 5.57 Å². The zero-order chi connectivity index (χ0) is 18.4. The normalized spacial score (nSPS) is 14.4. The summed E-state index contributed by atoms with van der Waals surface area (Å²) in [6.07, 6.45) is 0. The summed E-state index contributed by atoms with van der Waals surface area (Å²) in [5.74, 6) is -0.367. The number of nitro benzene ring substituents is 1. The molecule has 2 aliphatic rings. The Kier molecular flexibility index (Phi) is 3.47. The van der Waals surface area contributed by atoms with Crippen LogP contribution in [0, 0.1) is 10.1 Å². The summed E-state index contributed by atoms with van der Waals surface area (Å²) in [6, 6.07) is 8.94. The minimum absolute atomic E-state index is 0.0867. The number of hydrogen-bond acceptors (Lipinski definition) is 7. The molecule has 130 valence electrons. The molecule has 0 unspecified atom stereocenters. The van der Waals surface area contributed by atoms with Crippen molar-refractivity contribution in [2.75, 3.05) is 13.9 Å². The molecule has 0 spiro atoms. The van der Waals surface area contributed by atoms with Crippen LogP contribution in [0.4, 0.5) is 5.69 Å². The highest BCUT2D eigenvalue weighted by Gasteiger charge is 2.37. The summed E-state index contributed by atoms with van der Waals surface area (Å²) in [5, 5.41) is 11.0. The number of ketones is 1. The van der Waals surface area contributed by atoms with Crippen molar-refractivity contribution in [3.8, 4) is 11.5 Å². The number of carbonyl (C=O) groups is 2. The Morgan fingerprint density at radius 3 is 2.62 bits per heavy atom. The van der Waals surface area contributed by atoms with E-state index in [0.29, 0.717) is 28.2 Å². The van der Waals surface area contributed by atoms with Crippen LogP contribution in [0.15, 0.2) is 42.0 Å². The van der Waals surface area contributed by atoms with Gasteiger partial charge in [0.2, 0.25) is 12.6 Å². The summed E-state index contributed by atoms with van der Waals surface area (Å²) < 4.78 is 15.4. The maximum absolute atomic E-state index is 12.8. The van der Waals surface area contributed by atoms with E-state index in [0.717, 1.165) is 0 Å². The summed E-state index contributed by atoms with van der Waals surface area (Å²) in [5.41, 5.74) is 1.03. The molecule has 0 fully saturated rings. The highest BCUT2D eigenvalue weighted by Crippen LogP contribution is 2.42. The summed E-state index contributed by atoms with van der Waals surface area (Å²) >= 11 is 0. The monoisotopic (exact) mass is 353 g/mol. The van der Waals surface area contributed by atoms with Crippen molar-refractivity contribution < 1.29 is 28.7 Å². The molecule has 0 aromatic heterocycles. The van der Waals surface area contributed by atoms with Gasteiger partial charge in [0, 0.05) is 23.3 Å². The van der Waals surface area contributed by atoms with Crippen molar-refractivity contribution in [2.24, 2.45) is 0 Å². The predicted octanol–water partition coefficient (Wildman–Crippen LogP) is 2.49. The molecule has 8 heteroatoms. The van der Waals surface area contributed by atoms with Crippen LogP contribution < -0.4 is 9.47 Å². The van der Waals surface area contributed by atoms with Crippen LogP contribution in [0.25, 0.3) is 5.57 Å². The Morgan fingerprint density at radius 1 is 1.12 bits per heavy atom. The molecule has 0 radical (unpaired) electrons. The SMILES string of the molecule is COC(=O)C1=C(c2ccc3c(c2)OCO3)c2ccc([N+](=O)[O-])cc2C1=O. The topological polar surface area (TPSA) is 105 Å². The molecule has 0 saturated carbocycles. The van der Waals surface area contributed by atoms with Gasteiger partial charge in [-0.05, 0) is 29.3 Å². The van der Waals surface area contributed by atoms with Gasteiger partial charge < -0.3 is 14.2 Å². The number of ether oxygens (including phenoxy) is 3. The van der Waals surface area contributed by atoms with Gasteiger partial charge in [-0.1, -0.05) is 6.07 Å². The lowest BCUT2D eigenvalue weighted by Crippen LogP contribution is -2.12. The zero-order valence-corrected chi connectivity index (χ0v) is 13.5. The molecule has 0 bridgehead atoms. The van der Waals surface area contributed by atoms with E-state index in [1.807, 2.05) is 0 Å². The quantitative estimate of drug-likeness (QED) is 0.361. The first kappa shape index (κ1) is 15.8.